The molecular formula is C14H11Cl2NO2. The van der Waals surface area contributed by atoms with E-state index in [1.807, 2.05) is 0 Å². The van der Waals surface area contributed by atoms with Crippen LogP contribution in [-0.2, 0) is 0 Å². The lowest BCUT2D eigenvalue weighted by atomic mass is 10.2. The fourth-order valence-corrected chi connectivity index (χ4v) is 1.96. The van der Waals surface area contributed by atoms with Gasteiger partial charge >= 0.3 is 0 Å². The topological polar surface area (TPSA) is 38.3 Å². The first kappa shape index (κ1) is 13.7. The normalized spacial score (nSPS) is 10.1. The Morgan fingerprint density at radius 2 is 1.84 bits per heavy atom. The Balaban J connectivity index is 2.26. The van der Waals surface area contributed by atoms with Gasteiger partial charge in [-0.2, -0.15) is 0 Å². The molecule has 0 aliphatic rings. The second-order valence-corrected chi connectivity index (χ2v) is 4.68. The van der Waals surface area contributed by atoms with Gasteiger partial charge < -0.3 is 10.1 Å². The number of carbonyl (C=O) groups is 1. The van der Waals surface area contributed by atoms with Gasteiger partial charge in [0, 0.05) is 15.6 Å². The fraction of sp³-hybridized carbons (Fsp3) is 0.0714. The molecular weight excluding hydrogens is 285 g/mol. The number of methoxy groups -OCH3 is 1. The first-order valence-corrected chi connectivity index (χ1v) is 6.26. The highest BCUT2D eigenvalue weighted by molar-refractivity contribution is 6.31. The summed E-state index contributed by atoms with van der Waals surface area (Å²) >= 11 is 11.8. The molecule has 0 saturated heterocycles. The van der Waals surface area contributed by atoms with Crippen molar-refractivity contribution in [1.82, 2.24) is 0 Å². The molecule has 3 nitrogen and oxygen atoms in total. The molecule has 2 rings (SSSR count). The minimum atomic E-state index is -0.275. The first-order chi connectivity index (χ1) is 9.10. The number of anilines is 1. The lowest BCUT2D eigenvalue weighted by molar-refractivity contribution is 0.102. The standard InChI is InChI=1S/C14H11Cl2NO2/c1-19-13-6-5-11(16)8-12(13)17-14(18)9-3-2-4-10(15)7-9/h2-8H,1H3,(H,17,18). The molecule has 0 unspecified atom stereocenters. The number of benzene rings is 2. The van der Waals surface area contributed by atoms with E-state index in [4.69, 9.17) is 27.9 Å². The Morgan fingerprint density at radius 3 is 2.53 bits per heavy atom. The molecule has 0 spiro atoms. The molecule has 1 amide bonds. The second kappa shape index (κ2) is 5.95. The predicted molar refractivity (Wildman–Crippen MR) is 77.4 cm³/mol. The Bertz CT molecular complexity index is 614. The molecule has 1 N–H and O–H groups in total. The summed E-state index contributed by atoms with van der Waals surface area (Å²) in [4.78, 5) is 12.1. The van der Waals surface area contributed by atoms with Crippen LogP contribution in [0, 0.1) is 0 Å². The van der Waals surface area contributed by atoms with Crippen molar-refractivity contribution in [1.29, 1.82) is 0 Å². The average Bonchev–Trinajstić information content (AvgIpc) is 2.39. The van der Waals surface area contributed by atoms with Crippen molar-refractivity contribution in [3.05, 3.63) is 58.1 Å². The molecule has 0 saturated carbocycles. The third-order valence-corrected chi connectivity index (χ3v) is 2.97. The van der Waals surface area contributed by atoms with Crippen LogP contribution in [-0.4, -0.2) is 13.0 Å². The van der Waals surface area contributed by atoms with Crippen LogP contribution in [0.5, 0.6) is 5.75 Å². The lowest BCUT2D eigenvalue weighted by Gasteiger charge is -2.10. The predicted octanol–water partition coefficient (Wildman–Crippen LogP) is 4.25. The molecule has 0 aliphatic carbocycles. The zero-order chi connectivity index (χ0) is 13.8. The summed E-state index contributed by atoms with van der Waals surface area (Å²) in [7, 11) is 1.53. The molecule has 0 heterocycles. The van der Waals surface area contributed by atoms with E-state index < -0.39 is 0 Å². The molecule has 5 heteroatoms. The summed E-state index contributed by atoms with van der Waals surface area (Å²) in [5, 5.41) is 3.76. The summed E-state index contributed by atoms with van der Waals surface area (Å²) in [6.07, 6.45) is 0. The number of hydrogen-bond acceptors (Lipinski definition) is 2. The smallest absolute Gasteiger partial charge is 0.255 e. The van der Waals surface area contributed by atoms with Gasteiger partial charge in [-0.05, 0) is 36.4 Å². The van der Waals surface area contributed by atoms with Crippen molar-refractivity contribution in [3.8, 4) is 5.75 Å². The number of rotatable bonds is 3. The van der Waals surface area contributed by atoms with Crippen LogP contribution in [0.4, 0.5) is 5.69 Å². The van der Waals surface area contributed by atoms with E-state index in [2.05, 4.69) is 5.32 Å². The van der Waals surface area contributed by atoms with E-state index in [0.717, 1.165) is 0 Å². The highest BCUT2D eigenvalue weighted by atomic mass is 35.5. The third kappa shape index (κ3) is 3.40. The van der Waals surface area contributed by atoms with Crippen LogP contribution >= 0.6 is 23.2 Å². The van der Waals surface area contributed by atoms with Crippen molar-refractivity contribution >= 4 is 34.8 Å². The molecule has 0 aromatic heterocycles. The highest BCUT2D eigenvalue weighted by Crippen LogP contribution is 2.28. The largest absolute Gasteiger partial charge is 0.495 e. The molecule has 2 aromatic rings. The summed E-state index contributed by atoms with van der Waals surface area (Å²) < 4.78 is 5.16. The van der Waals surface area contributed by atoms with Gasteiger partial charge in [-0.25, -0.2) is 0 Å². The van der Waals surface area contributed by atoms with Crippen molar-refractivity contribution < 1.29 is 9.53 Å². The van der Waals surface area contributed by atoms with Crippen molar-refractivity contribution in [2.45, 2.75) is 0 Å². The lowest BCUT2D eigenvalue weighted by Crippen LogP contribution is -2.12. The Kier molecular flexibility index (Phi) is 4.30. The number of ether oxygens (including phenoxy) is 1. The van der Waals surface area contributed by atoms with Crippen LogP contribution < -0.4 is 10.1 Å². The van der Waals surface area contributed by atoms with Crippen LogP contribution in [0.2, 0.25) is 10.0 Å². The van der Waals surface area contributed by atoms with Crippen molar-refractivity contribution in [3.63, 3.8) is 0 Å². The van der Waals surface area contributed by atoms with Gasteiger partial charge in [-0.15, -0.1) is 0 Å². The number of halogens is 2. The highest BCUT2D eigenvalue weighted by Gasteiger charge is 2.10. The molecule has 0 atom stereocenters. The Labute approximate surface area is 121 Å². The molecule has 2 aromatic carbocycles. The molecule has 98 valence electrons. The van der Waals surface area contributed by atoms with Gasteiger partial charge in [0.15, 0.2) is 0 Å². The van der Waals surface area contributed by atoms with Crippen LogP contribution in [0.1, 0.15) is 10.4 Å². The third-order valence-electron chi connectivity index (χ3n) is 2.50. The van der Waals surface area contributed by atoms with E-state index in [0.29, 0.717) is 27.0 Å². The zero-order valence-corrected chi connectivity index (χ0v) is 11.6. The van der Waals surface area contributed by atoms with Gasteiger partial charge in [-0.1, -0.05) is 29.3 Å². The van der Waals surface area contributed by atoms with E-state index >= 15 is 0 Å². The van der Waals surface area contributed by atoms with Gasteiger partial charge in [0.2, 0.25) is 0 Å². The van der Waals surface area contributed by atoms with Crippen LogP contribution in [0.3, 0.4) is 0 Å². The first-order valence-electron chi connectivity index (χ1n) is 5.50. The Morgan fingerprint density at radius 1 is 1.11 bits per heavy atom. The van der Waals surface area contributed by atoms with Gasteiger partial charge in [-0.3, -0.25) is 4.79 Å². The van der Waals surface area contributed by atoms with Crippen molar-refractivity contribution in [2.75, 3.05) is 12.4 Å². The molecule has 0 aliphatic heterocycles. The molecule has 0 bridgehead atoms. The number of amides is 1. The van der Waals surface area contributed by atoms with Crippen LogP contribution in [0.25, 0.3) is 0 Å². The number of nitrogens with one attached hydrogen (secondary N) is 1. The maximum atomic E-state index is 12.1. The number of carbonyl (C=O) groups excluding carboxylic acids is 1. The molecule has 19 heavy (non-hydrogen) atoms. The van der Waals surface area contributed by atoms with E-state index in [-0.39, 0.29) is 5.91 Å². The summed E-state index contributed by atoms with van der Waals surface area (Å²) in [5.74, 6) is 0.267. The minimum absolute atomic E-state index is 0.275. The van der Waals surface area contributed by atoms with Gasteiger partial charge in [0.1, 0.15) is 5.75 Å². The molecule has 0 radical (unpaired) electrons. The average molecular weight is 296 g/mol. The van der Waals surface area contributed by atoms with Gasteiger partial charge in [0.25, 0.3) is 5.91 Å². The van der Waals surface area contributed by atoms with Crippen LogP contribution in [0.15, 0.2) is 42.5 Å². The molecule has 0 fully saturated rings. The van der Waals surface area contributed by atoms with E-state index in [1.165, 1.54) is 7.11 Å². The minimum Gasteiger partial charge on any atom is -0.495 e. The SMILES string of the molecule is COc1ccc(Cl)cc1NC(=O)c1cccc(Cl)c1. The van der Waals surface area contributed by atoms with E-state index in [1.54, 1.807) is 42.5 Å². The fourth-order valence-electron chi connectivity index (χ4n) is 1.60. The number of hydrogen-bond donors (Lipinski definition) is 1. The van der Waals surface area contributed by atoms with Gasteiger partial charge in [0.05, 0.1) is 12.8 Å². The zero-order valence-electron chi connectivity index (χ0n) is 10.1. The quantitative estimate of drug-likeness (QED) is 0.919. The van der Waals surface area contributed by atoms with E-state index in [9.17, 15) is 4.79 Å². The second-order valence-electron chi connectivity index (χ2n) is 3.81. The Hall–Kier alpha value is -1.71. The maximum Gasteiger partial charge on any atom is 0.255 e. The van der Waals surface area contributed by atoms with Crippen molar-refractivity contribution in [2.24, 2.45) is 0 Å². The summed E-state index contributed by atoms with van der Waals surface area (Å²) in [5.41, 5.74) is 0.981. The maximum absolute atomic E-state index is 12.1. The monoisotopic (exact) mass is 295 g/mol. The summed E-state index contributed by atoms with van der Waals surface area (Å²) in [6.45, 7) is 0. The summed E-state index contributed by atoms with van der Waals surface area (Å²) in [6, 6.07) is 11.7.